The lowest BCUT2D eigenvalue weighted by molar-refractivity contribution is -0.659. The second kappa shape index (κ2) is 8.20. The fourth-order valence-electron chi connectivity index (χ4n) is 5.51. The van der Waals surface area contributed by atoms with Gasteiger partial charge in [-0.25, -0.2) is 4.57 Å². The fraction of sp³-hybridized carbons (Fsp3) is 0.483. The number of benzene rings is 2. The summed E-state index contributed by atoms with van der Waals surface area (Å²) in [6.07, 6.45) is 9.41. The second-order valence-electron chi connectivity index (χ2n) is 11.4. The monoisotopic (exact) mass is 430 g/mol. The van der Waals surface area contributed by atoms with E-state index in [0.717, 1.165) is 5.54 Å². The maximum atomic E-state index is 2.60. The van der Waals surface area contributed by atoms with Crippen molar-refractivity contribution in [2.24, 2.45) is 7.05 Å². The van der Waals surface area contributed by atoms with Crippen LogP contribution in [-0.4, -0.2) is 8.07 Å². The quantitative estimate of drug-likeness (QED) is 0.306. The van der Waals surface area contributed by atoms with E-state index in [0.29, 0.717) is 0 Å². The first-order chi connectivity index (χ1) is 14.6. The van der Waals surface area contributed by atoms with Gasteiger partial charge in [0.25, 0.3) is 0 Å². The Hall–Kier alpha value is -1.93. The molecule has 1 aliphatic rings. The van der Waals surface area contributed by atoms with Crippen LogP contribution in [0, 0.1) is 6.92 Å². The number of rotatable bonds is 3. The lowest BCUT2D eigenvalue weighted by Crippen LogP contribution is -2.46. The van der Waals surface area contributed by atoms with Crippen LogP contribution in [0.25, 0.3) is 22.0 Å². The zero-order valence-corrected chi connectivity index (χ0v) is 21.7. The normalized spacial score (nSPS) is 16.1. The van der Waals surface area contributed by atoms with Gasteiger partial charge in [-0.2, -0.15) is 0 Å². The average Bonchev–Trinajstić information content (AvgIpc) is 2.74. The molecule has 0 amide bonds. The van der Waals surface area contributed by atoms with Crippen LogP contribution in [0.15, 0.2) is 48.7 Å². The summed E-state index contributed by atoms with van der Waals surface area (Å²) in [5, 5.41) is 4.39. The Balaban J connectivity index is 1.84. The summed E-state index contributed by atoms with van der Waals surface area (Å²) < 4.78 is 2.31. The Morgan fingerprint density at radius 2 is 1.61 bits per heavy atom. The highest BCUT2D eigenvalue weighted by molar-refractivity contribution is 6.91. The van der Waals surface area contributed by atoms with Gasteiger partial charge in [-0.05, 0) is 46.5 Å². The van der Waals surface area contributed by atoms with Crippen molar-refractivity contribution in [3.05, 3.63) is 59.8 Å². The molecule has 0 saturated heterocycles. The smallest absolute Gasteiger partial charge is 0.200 e. The van der Waals surface area contributed by atoms with Crippen molar-refractivity contribution in [3.8, 4) is 11.3 Å². The molecule has 1 saturated carbocycles. The first-order valence-corrected chi connectivity index (χ1v) is 15.2. The Bertz CT molecular complexity index is 1100. The Morgan fingerprint density at radius 1 is 0.903 bits per heavy atom. The number of fused-ring (bicyclic) bond motifs is 1. The van der Waals surface area contributed by atoms with Crippen LogP contribution in [0.5, 0.6) is 0 Å². The number of hydrogen-bond donors (Lipinski definition) is 0. The highest BCUT2D eigenvalue weighted by atomic mass is 28.3. The van der Waals surface area contributed by atoms with Gasteiger partial charge in [-0.15, -0.1) is 0 Å². The van der Waals surface area contributed by atoms with Crippen LogP contribution in [-0.2, 0) is 12.5 Å². The Labute approximate surface area is 190 Å². The van der Waals surface area contributed by atoms with Crippen LogP contribution in [0.4, 0.5) is 0 Å². The predicted octanol–water partition coefficient (Wildman–Crippen LogP) is 7.19. The van der Waals surface area contributed by atoms with Crippen LogP contribution in [0.1, 0.15) is 64.0 Å². The maximum Gasteiger partial charge on any atom is 0.220 e. The lowest BCUT2D eigenvalue weighted by Gasteiger charge is -2.36. The number of nitrogens with zero attached hydrogens (tertiary/aromatic N) is 1. The van der Waals surface area contributed by atoms with E-state index in [4.69, 9.17) is 0 Å². The van der Waals surface area contributed by atoms with Crippen molar-refractivity contribution in [1.29, 1.82) is 0 Å². The summed E-state index contributed by atoms with van der Waals surface area (Å²) in [6.45, 7) is 14.3. The molecule has 0 spiro atoms. The molecule has 0 radical (unpaired) electrons. The highest BCUT2D eigenvalue weighted by Crippen LogP contribution is 2.38. The van der Waals surface area contributed by atoms with Gasteiger partial charge in [0, 0.05) is 11.6 Å². The minimum Gasteiger partial charge on any atom is -0.200 e. The van der Waals surface area contributed by atoms with E-state index in [-0.39, 0.29) is 5.41 Å². The topological polar surface area (TPSA) is 3.88 Å². The summed E-state index contributed by atoms with van der Waals surface area (Å²) >= 11 is 0. The summed E-state index contributed by atoms with van der Waals surface area (Å²) in [5.41, 5.74) is 6.52. The van der Waals surface area contributed by atoms with Gasteiger partial charge in [0.05, 0.1) is 13.5 Å². The van der Waals surface area contributed by atoms with Crippen molar-refractivity contribution in [3.63, 3.8) is 0 Å². The summed E-state index contributed by atoms with van der Waals surface area (Å²) in [5.74, 6) is 0. The number of hydrogen-bond acceptors (Lipinski definition) is 0. The molecule has 2 aromatic carbocycles. The van der Waals surface area contributed by atoms with Crippen molar-refractivity contribution < 1.29 is 4.57 Å². The molecule has 3 aromatic rings. The lowest BCUT2D eigenvalue weighted by atomic mass is 9.84. The molecule has 31 heavy (non-hydrogen) atoms. The molecular formula is C29H40NSi+. The SMILES string of the molecule is Cc1ccc(C(C)(C)C)cc1-c1c2ccc([Si](C)(C)C3CCCCC3)cc2cc[n+]1C. The molecular weight excluding hydrogens is 390 g/mol. The fourth-order valence-corrected chi connectivity index (χ4v) is 8.88. The molecule has 0 bridgehead atoms. The van der Waals surface area contributed by atoms with E-state index in [1.807, 2.05) is 0 Å². The van der Waals surface area contributed by atoms with Crippen molar-refractivity contribution in [2.45, 2.75) is 83.8 Å². The molecule has 1 nitrogen and oxygen atoms in total. The van der Waals surface area contributed by atoms with Crippen LogP contribution in [0.2, 0.25) is 18.6 Å². The van der Waals surface area contributed by atoms with Gasteiger partial charge >= 0.3 is 0 Å². The van der Waals surface area contributed by atoms with Gasteiger partial charge in [0.15, 0.2) is 6.20 Å². The van der Waals surface area contributed by atoms with Crippen molar-refractivity contribution in [2.75, 3.05) is 0 Å². The molecule has 4 rings (SSSR count). The van der Waals surface area contributed by atoms with Gasteiger partial charge in [0.2, 0.25) is 5.69 Å². The molecule has 1 heterocycles. The predicted molar refractivity (Wildman–Crippen MR) is 138 cm³/mol. The summed E-state index contributed by atoms with van der Waals surface area (Å²) in [4.78, 5) is 0. The van der Waals surface area contributed by atoms with Crippen molar-refractivity contribution >= 4 is 24.0 Å². The van der Waals surface area contributed by atoms with Gasteiger partial charge in [0.1, 0.15) is 7.05 Å². The third-order valence-electron chi connectivity index (χ3n) is 7.87. The van der Waals surface area contributed by atoms with Crippen molar-refractivity contribution in [1.82, 2.24) is 0 Å². The van der Waals surface area contributed by atoms with Crippen LogP contribution >= 0.6 is 0 Å². The minimum absolute atomic E-state index is 0.147. The van der Waals surface area contributed by atoms with Gasteiger partial charge < -0.3 is 0 Å². The number of pyridine rings is 1. The standard InChI is InChI=1S/C29H40NSi/c1-21-13-14-23(29(2,3)4)20-27(21)28-26-16-15-25(19-22(26)17-18-30(28)5)31(6,7)24-11-9-8-10-12-24/h13-20,24H,8-12H2,1-7H3/q+1. The molecule has 1 aliphatic carbocycles. The molecule has 0 atom stereocenters. The van der Waals surface area contributed by atoms with E-state index in [2.05, 4.69) is 101 Å². The molecule has 0 aliphatic heterocycles. The minimum atomic E-state index is -1.46. The molecule has 0 unspecified atom stereocenters. The summed E-state index contributed by atoms with van der Waals surface area (Å²) in [7, 11) is 0.730. The van der Waals surface area contributed by atoms with Crippen LogP contribution < -0.4 is 9.75 Å². The van der Waals surface area contributed by atoms with E-state index in [9.17, 15) is 0 Å². The largest absolute Gasteiger partial charge is 0.220 e. The van der Waals surface area contributed by atoms with Gasteiger partial charge in [-0.1, -0.05) is 95.4 Å². The maximum absolute atomic E-state index is 2.60. The van der Waals surface area contributed by atoms with E-state index >= 15 is 0 Å². The van der Waals surface area contributed by atoms with E-state index in [1.165, 1.54) is 65.3 Å². The molecule has 164 valence electrons. The Kier molecular flexibility index (Phi) is 5.89. The summed E-state index contributed by atoms with van der Waals surface area (Å²) in [6, 6.07) is 16.7. The average molecular weight is 431 g/mol. The molecule has 0 N–H and O–H groups in total. The first-order valence-electron chi connectivity index (χ1n) is 12.1. The Morgan fingerprint density at radius 3 is 2.29 bits per heavy atom. The molecule has 1 aromatic heterocycles. The third-order valence-corrected chi connectivity index (χ3v) is 12.3. The highest BCUT2D eigenvalue weighted by Gasteiger charge is 2.34. The molecule has 2 heteroatoms. The molecule has 1 fully saturated rings. The van der Waals surface area contributed by atoms with Gasteiger partial charge in [-0.3, -0.25) is 0 Å². The number of aromatic nitrogens is 1. The zero-order chi connectivity index (χ0) is 22.4. The third kappa shape index (κ3) is 4.24. The van der Waals surface area contributed by atoms with E-state index < -0.39 is 8.07 Å². The van der Waals surface area contributed by atoms with E-state index in [1.54, 1.807) is 5.19 Å². The number of aryl methyl sites for hydroxylation is 2. The van der Waals surface area contributed by atoms with Crippen LogP contribution in [0.3, 0.4) is 0 Å². The second-order valence-corrected chi connectivity index (χ2v) is 16.3. The zero-order valence-electron chi connectivity index (χ0n) is 20.7. The first kappa shape index (κ1) is 22.3.